The van der Waals surface area contributed by atoms with Gasteiger partial charge in [0.2, 0.25) is 11.9 Å². The van der Waals surface area contributed by atoms with Crippen molar-refractivity contribution in [2.45, 2.75) is 13.2 Å². The average molecular weight is 560 g/mol. The zero-order valence-corrected chi connectivity index (χ0v) is 22.3. The van der Waals surface area contributed by atoms with Crippen molar-refractivity contribution in [1.82, 2.24) is 11.0 Å². The van der Waals surface area contributed by atoms with E-state index in [1.165, 1.54) is 0 Å². The third-order valence-electron chi connectivity index (χ3n) is 5.27. The molecule has 10 nitrogen and oxygen atoms in total. The number of nitrogens with one attached hydrogen (secondary N) is 3. The summed E-state index contributed by atoms with van der Waals surface area (Å²) in [6, 6.07) is 33.0. The van der Waals surface area contributed by atoms with Gasteiger partial charge in [0.15, 0.2) is 0 Å². The summed E-state index contributed by atoms with van der Waals surface area (Å²) < 4.78 is 0. The van der Waals surface area contributed by atoms with E-state index >= 15 is 0 Å². The number of nitrogens with zero attached hydrogens (tertiary/aromatic N) is 2. The van der Waals surface area contributed by atoms with Crippen LogP contribution in [0.1, 0.15) is 21.5 Å². The van der Waals surface area contributed by atoms with Crippen LogP contribution in [0.3, 0.4) is 0 Å². The number of rotatable bonds is 10. The lowest BCUT2D eigenvalue weighted by molar-refractivity contribution is 0.0704. The summed E-state index contributed by atoms with van der Waals surface area (Å²) in [5.74, 6) is -0.0527. The fourth-order valence-corrected chi connectivity index (χ4v) is 3.37. The number of hydroxylamine groups is 2. The van der Waals surface area contributed by atoms with Crippen molar-refractivity contribution in [3.63, 3.8) is 0 Å². The number of halogens is 1. The Morgan fingerprint density at radius 2 is 1.05 bits per heavy atom. The van der Waals surface area contributed by atoms with Crippen LogP contribution in [-0.4, -0.2) is 17.8 Å². The second-order valence-electron chi connectivity index (χ2n) is 8.29. The molecule has 1 amide bonds. The molecular formula is C29H30ClN7O3. The summed E-state index contributed by atoms with van der Waals surface area (Å²) in [6.45, 7) is 0.694. The molecule has 4 aromatic carbocycles. The smallest absolute Gasteiger partial charge is 0.255 e. The van der Waals surface area contributed by atoms with Crippen LogP contribution in [0, 0.1) is 0 Å². The Morgan fingerprint density at radius 1 is 0.625 bits per heavy atom. The molecule has 0 bridgehead atoms. The molecule has 0 aliphatic carbocycles. The number of hydrogen-bond donors (Lipinski definition) is 5. The number of carbonyl (C=O) groups excluding carboxylic acids is 1. The summed E-state index contributed by atoms with van der Waals surface area (Å²) in [6.07, 6.45) is 0. The van der Waals surface area contributed by atoms with Gasteiger partial charge < -0.3 is 16.8 Å². The quantitative estimate of drug-likeness (QED) is 0.107. The van der Waals surface area contributed by atoms with Gasteiger partial charge in [-0.1, -0.05) is 60.7 Å². The predicted molar refractivity (Wildman–Crippen MR) is 159 cm³/mol. The largest absolute Gasteiger partial charge is 0.368 e. The molecule has 0 aliphatic rings. The van der Waals surface area contributed by atoms with Crippen molar-refractivity contribution < 1.29 is 14.5 Å². The molecule has 0 saturated heterocycles. The first kappa shape index (κ1) is 29.7. The highest BCUT2D eigenvalue weighted by Gasteiger charge is 2.07. The van der Waals surface area contributed by atoms with E-state index in [1.54, 1.807) is 48.5 Å². The minimum Gasteiger partial charge on any atom is -0.368 e. The number of carbonyl (C=O) groups is 1. The monoisotopic (exact) mass is 559 g/mol. The van der Waals surface area contributed by atoms with Crippen LogP contribution in [0.4, 0.5) is 17.1 Å². The van der Waals surface area contributed by atoms with Gasteiger partial charge in [0, 0.05) is 11.3 Å². The Labute approximate surface area is 238 Å². The van der Waals surface area contributed by atoms with E-state index < -0.39 is 0 Å². The van der Waals surface area contributed by atoms with Crippen LogP contribution >= 0.6 is 12.4 Å². The second kappa shape index (κ2) is 15.5. The molecule has 11 heteroatoms. The molecule has 0 radical (unpaired) electrons. The van der Waals surface area contributed by atoms with E-state index in [4.69, 9.17) is 21.1 Å². The van der Waals surface area contributed by atoms with Crippen molar-refractivity contribution in [3.05, 3.63) is 126 Å². The number of aliphatic imine (C=N–C) groups is 2. The zero-order valence-electron chi connectivity index (χ0n) is 21.5. The minimum atomic E-state index is -0.269. The van der Waals surface area contributed by atoms with Crippen molar-refractivity contribution >= 4 is 47.3 Å². The van der Waals surface area contributed by atoms with Gasteiger partial charge in [0.05, 0.1) is 24.6 Å². The summed E-state index contributed by atoms with van der Waals surface area (Å²) in [7, 11) is 0. The van der Waals surface area contributed by atoms with Crippen molar-refractivity contribution in [2.75, 3.05) is 5.32 Å². The van der Waals surface area contributed by atoms with Crippen LogP contribution in [0.5, 0.6) is 0 Å². The molecule has 0 aromatic heterocycles. The number of benzene rings is 4. The second-order valence-corrected chi connectivity index (χ2v) is 8.29. The van der Waals surface area contributed by atoms with Crippen LogP contribution in [0.25, 0.3) is 0 Å². The van der Waals surface area contributed by atoms with Crippen LogP contribution < -0.4 is 27.7 Å². The fraction of sp³-hybridized carbons (Fsp3) is 0.0690. The Hall–Kier alpha value is -4.90. The number of nitrogens with two attached hydrogens (primary N) is 2. The number of hydrogen-bond acceptors (Lipinski definition) is 5. The van der Waals surface area contributed by atoms with Gasteiger partial charge in [-0.15, -0.1) is 12.4 Å². The van der Waals surface area contributed by atoms with Gasteiger partial charge in [0.25, 0.3) is 5.91 Å². The molecule has 0 aliphatic heterocycles. The average Bonchev–Trinajstić information content (AvgIpc) is 2.95. The Balaban J connectivity index is 0.00000441. The molecule has 4 rings (SSSR count). The lowest BCUT2D eigenvalue weighted by atomic mass is 10.2. The van der Waals surface area contributed by atoms with Gasteiger partial charge in [0.1, 0.15) is 0 Å². The van der Waals surface area contributed by atoms with Crippen LogP contribution in [-0.2, 0) is 22.9 Å². The van der Waals surface area contributed by atoms with Gasteiger partial charge in [-0.25, -0.2) is 20.9 Å². The molecule has 0 saturated carbocycles. The zero-order chi connectivity index (χ0) is 27.3. The third kappa shape index (κ3) is 9.76. The number of anilines is 1. The van der Waals surface area contributed by atoms with Gasteiger partial charge in [-0.3, -0.25) is 14.5 Å². The van der Waals surface area contributed by atoms with E-state index in [1.807, 2.05) is 60.7 Å². The SMILES string of the molecule is Cl.NC(=Nc1ccc(NC(=O)c2ccc(N=C(N)NOCc3ccccc3)cc2)cc1)NOCc1ccccc1. The maximum Gasteiger partial charge on any atom is 0.255 e. The van der Waals surface area contributed by atoms with E-state index in [0.29, 0.717) is 35.8 Å². The molecule has 7 N–H and O–H groups in total. The van der Waals surface area contributed by atoms with Gasteiger partial charge in [-0.2, -0.15) is 0 Å². The van der Waals surface area contributed by atoms with Gasteiger partial charge >= 0.3 is 0 Å². The summed E-state index contributed by atoms with van der Waals surface area (Å²) >= 11 is 0. The first-order valence-electron chi connectivity index (χ1n) is 12.1. The number of guanidine groups is 2. The molecule has 0 atom stereocenters. The Bertz CT molecular complexity index is 1400. The van der Waals surface area contributed by atoms with E-state index in [9.17, 15) is 4.79 Å². The lowest BCUT2D eigenvalue weighted by Crippen LogP contribution is -2.31. The molecule has 206 valence electrons. The first-order valence-corrected chi connectivity index (χ1v) is 12.1. The molecule has 0 heterocycles. The third-order valence-corrected chi connectivity index (χ3v) is 5.27. The van der Waals surface area contributed by atoms with E-state index in [0.717, 1.165) is 11.1 Å². The molecular weight excluding hydrogens is 530 g/mol. The molecule has 4 aromatic rings. The summed E-state index contributed by atoms with van der Waals surface area (Å²) in [5, 5.41) is 2.84. The Morgan fingerprint density at radius 3 is 1.50 bits per heavy atom. The predicted octanol–water partition coefficient (Wildman–Crippen LogP) is 4.70. The highest BCUT2D eigenvalue weighted by molar-refractivity contribution is 6.04. The van der Waals surface area contributed by atoms with E-state index in [-0.39, 0.29) is 30.2 Å². The maximum absolute atomic E-state index is 12.6. The summed E-state index contributed by atoms with van der Waals surface area (Å²) in [4.78, 5) is 31.8. The van der Waals surface area contributed by atoms with Crippen molar-refractivity contribution in [3.8, 4) is 0 Å². The topological polar surface area (TPSA) is 148 Å². The van der Waals surface area contributed by atoms with Crippen LogP contribution in [0.2, 0.25) is 0 Å². The standard InChI is InChI=1S/C29H29N7O3.ClH/c30-28(35-38-19-21-7-3-1-4-8-21)33-25-13-11-23(12-14-25)27(37)32-24-15-17-26(18-16-24)34-29(31)36-39-20-22-9-5-2-6-10-22;/h1-18H,19-20H2,(H,32,37)(H3,30,33,35)(H3,31,34,36);1H. The molecule has 0 unspecified atom stereocenters. The maximum atomic E-state index is 12.6. The number of amides is 1. The van der Waals surface area contributed by atoms with Crippen molar-refractivity contribution in [1.29, 1.82) is 0 Å². The molecule has 0 fully saturated rings. The lowest BCUT2D eigenvalue weighted by Gasteiger charge is -2.08. The van der Waals surface area contributed by atoms with Crippen molar-refractivity contribution in [2.24, 2.45) is 21.5 Å². The van der Waals surface area contributed by atoms with E-state index in [2.05, 4.69) is 26.3 Å². The molecule has 40 heavy (non-hydrogen) atoms. The fourth-order valence-electron chi connectivity index (χ4n) is 3.37. The minimum absolute atomic E-state index is 0. The Kier molecular flexibility index (Phi) is 11.5. The summed E-state index contributed by atoms with van der Waals surface area (Å²) in [5.41, 5.74) is 21.2. The highest BCUT2D eigenvalue weighted by atomic mass is 35.5. The van der Waals surface area contributed by atoms with Gasteiger partial charge in [-0.05, 0) is 59.7 Å². The normalized spacial score (nSPS) is 11.3. The first-order chi connectivity index (χ1) is 19.0. The van der Waals surface area contributed by atoms with Crippen LogP contribution in [0.15, 0.2) is 119 Å². The molecule has 0 spiro atoms. The highest BCUT2D eigenvalue weighted by Crippen LogP contribution is 2.18.